The fraction of sp³-hybridized carbons (Fsp3) is 0.529. The van der Waals surface area contributed by atoms with Gasteiger partial charge in [0.2, 0.25) is 5.91 Å². The molecule has 2 rings (SSSR count). The number of nitrogens with zero attached hydrogens (tertiary/aromatic N) is 2. The van der Waals surface area contributed by atoms with E-state index in [4.69, 9.17) is 5.11 Å². The highest BCUT2D eigenvalue weighted by Gasteiger charge is 2.33. The second-order valence-electron chi connectivity index (χ2n) is 5.93. The molecule has 1 aliphatic rings. The average molecular weight is 304 g/mol. The van der Waals surface area contributed by atoms with Crippen LogP contribution >= 0.6 is 0 Å². The van der Waals surface area contributed by atoms with Crippen LogP contribution in [0, 0.1) is 0 Å². The van der Waals surface area contributed by atoms with Crippen molar-refractivity contribution in [3.05, 3.63) is 35.9 Å². The van der Waals surface area contributed by atoms with E-state index in [0.717, 1.165) is 32.4 Å². The molecule has 0 saturated carbocycles. The van der Waals surface area contributed by atoms with E-state index in [9.17, 15) is 9.59 Å². The number of carbonyl (C=O) groups is 2. The van der Waals surface area contributed by atoms with E-state index in [-0.39, 0.29) is 11.9 Å². The van der Waals surface area contributed by atoms with Gasteiger partial charge in [-0.05, 0) is 31.9 Å². The molecular weight excluding hydrogens is 280 g/mol. The van der Waals surface area contributed by atoms with Crippen molar-refractivity contribution in [3.63, 3.8) is 0 Å². The molecule has 1 amide bonds. The van der Waals surface area contributed by atoms with Crippen molar-refractivity contribution in [2.24, 2.45) is 0 Å². The van der Waals surface area contributed by atoms with Crippen LogP contribution in [-0.2, 0) is 16.1 Å². The number of hydrogen-bond acceptors (Lipinski definition) is 3. The molecule has 1 N–H and O–H groups in total. The van der Waals surface area contributed by atoms with Crippen LogP contribution in [0.25, 0.3) is 0 Å². The van der Waals surface area contributed by atoms with Crippen molar-refractivity contribution in [2.45, 2.75) is 44.8 Å². The average Bonchev–Trinajstić information content (AvgIpc) is 2.54. The van der Waals surface area contributed by atoms with E-state index in [1.807, 2.05) is 18.2 Å². The maximum atomic E-state index is 12.7. The quantitative estimate of drug-likeness (QED) is 0.903. The predicted octanol–water partition coefficient (Wildman–Crippen LogP) is 1.97. The molecule has 0 unspecified atom stereocenters. The summed E-state index contributed by atoms with van der Waals surface area (Å²) in [5.41, 5.74) is 1.18. The van der Waals surface area contributed by atoms with Gasteiger partial charge < -0.3 is 10.0 Å². The van der Waals surface area contributed by atoms with Gasteiger partial charge in [-0.1, -0.05) is 36.8 Å². The number of carboxylic acids is 1. The number of hydrogen-bond donors (Lipinski definition) is 1. The van der Waals surface area contributed by atoms with Gasteiger partial charge >= 0.3 is 5.97 Å². The van der Waals surface area contributed by atoms with Crippen molar-refractivity contribution < 1.29 is 14.7 Å². The van der Waals surface area contributed by atoms with Crippen LogP contribution in [0.15, 0.2) is 30.3 Å². The Kier molecular flexibility index (Phi) is 5.55. The van der Waals surface area contributed by atoms with Crippen molar-refractivity contribution in [1.82, 2.24) is 9.80 Å². The topological polar surface area (TPSA) is 60.9 Å². The first-order chi connectivity index (χ1) is 10.5. The second-order valence-corrected chi connectivity index (χ2v) is 5.93. The molecule has 0 radical (unpaired) electrons. The molecule has 0 bridgehead atoms. The zero-order chi connectivity index (χ0) is 16.1. The van der Waals surface area contributed by atoms with Gasteiger partial charge in [-0.15, -0.1) is 0 Å². The Morgan fingerprint density at radius 2 is 2.00 bits per heavy atom. The SMILES string of the molecule is C[C@H](C(=O)O)N(C)C(=O)[C@@H]1CCCCN1Cc1ccccc1. The summed E-state index contributed by atoms with van der Waals surface area (Å²) in [6, 6.07) is 9.06. The molecule has 2 atom stereocenters. The Labute approximate surface area is 131 Å². The van der Waals surface area contributed by atoms with E-state index in [2.05, 4.69) is 17.0 Å². The lowest BCUT2D eigenvalue weighted by Gasteiger charge is -2.37. The summed E-state index contributed by atoms with van der Waals surface area (Å²) in [4.78, 5) is 27.3. The number of amides is 1. The Balaban J connectivity index is 2.09. The highest BCUT2D eigenvalue weighted by molar-refractivity contribution is 5.86. The maximum Gasteiger partial charge on any atom is 0.326 e. The maximum absolute atomic E-state index is 12.7. The summed E-state index contributed by atoms with van der Waals surface area (Å²) in [5.74, 6) is -1.06. The molecule has 0 spiro atoms. The van der Waals surface area contributed by atoms with Crippen LogP contribution < -0.4 is 0 Å². The molecule has 1 saturated heterocycles. The molecule has 1 fully saturated rings. The monoisotopic (exact) mass is 304 g/mol. The fourth-order valence-electron chi connectivity index (χ4n) is 2.87. The van der Waals surface area contributed by atoms with Gasteiger partial charge in [0, 0.05) is 13.6 Å². The standard InChI is InChI=1S/C17H24N2O3/c1-13(17(21)22)18(2)16(20)15-10-6-7-11-19(15)12-14-8-4-3-5-9-14/h3-5,8-9,13,15H,6-7,10-12H2,1-2H3,(H,21,22)/t13-,15+/m1/s1. The van der Waals surface area contributed by atoms with E-state index < -0.39 is 12.0 Å². The fourth-order valence-corrected chi connectivity index (χ4v) is 2.87. The zero-order valence-electron chi connectivity index (χ0n) is 13.2. The molecule has 1 aliphatic heterocycles. The van der Waals surface area contributed by atoms with E-state index in [1.165, 1.54) is 10.5 Å². The van der Waals surface area contributed by atoms with Crippen molar-refractivity contribution in [3.8, 4) is 0 Å². The minimum atomic E-state index is -0.971. The van der Waals surface area contributed by atoms with Crippen LogP contribution in [0.2, 0.25) is 0 Å². The summed E-state index contributed by atoms with van der Waals surface area (Å²) in [6.45, 7) is 3.15. The third-order valence-electron chi connectivity index (χ3n) is 4.41. The van der Waals surface area contributed by atoms with Gasteiger partial charge in [-0.2, -0.15) is 0 Å². The van der Waals surface area contributed by atoms with Crippen LogP contribution in [0.3, 0.4) is 0 Å². The molecule has 0 aromatic heterocycles. The van der Waals surface area contributed by atoms with Crippen LogP contribution in [0.4, 0.5) is 0 Å². The smallest absolute Gasteiger partial charge is 0.326 e. The Hall–Kier alpha value is -1.88. The van der Waals surface area contributed by atoms with Crippen LogP contribution in [0.1, 0.15) is 31.7 Å². The summed E-state index contributed by atoms with van der Waals surface area (Å²) in [7, 11) is 1.58. The number of benzene rings is 1. The zero-order valence-corrected chi connectivity index (χ0v) is 13.2. The number of piperidine rings is 1. The highest BCUT2D eigenvalue weighted by atomic mass is 16.4. The lowest BCUT2D eigenvalue weighted by molar-refractivity contribution is -0.151. The number of rotatable bonds is 5. The van der Waals surface area contributed by atoms with Gasteiger partial charge in [0.1, 0.15) is 6.04 Å². The van der Waals surface area contributed by atoms with Crippen molar-refractivity contribution in [2.75, 3.05) is 13.6 Å². The van der Waals surface area contributed by atoms with Gasteiger partial charge in [0.25, 0.3) is 0 Å². The Morgan fingerprint density at radius 3 is 2.64 bits per heavy atom. The predicted molar refractivity (Wildman–Crippen MR) is 84.4 cm³/mol. The minimum absolute atomic E-state index is 0.0921. The molecule has 22 heavy (non-hydrogen) atoms. The summed E-state index contributed by atoms with van der Waals surface area (Å²) < 4.78 is 0. The first-order valence-electron chi connectivity index (χ1n) is 7.78. The second kappa shape index (κ2) is 7.40. The minimum Gasteiger partial charge on any atom is -0.480 e. The van der Waals surface area contributed by atoms with E-state index in [1.54, 1.807) is 14.0 Å². The lowest BCUT2D eigenvalue weighted by atomic mass is 9.99. The summed E-state index contributed by atoms with van der Waals surface area (Å²) in [5, 5.41) is 9.09. The molecule has 5 heteroatoms. The molecular formula is C17H24N2O3. The number of carbonyl (C=O) groups excluding carboxylic acids is 1. The van der Waals surface area contributed by atoms with Gasteiger partial charge in [0.05, 0.1) is 6.04 Å². The van der Waals surface area contributed by atoms with Crippen LogP contribution in [0.5, 0.6) is 0 Å². The molecule has 0 aliphatic carbocycles. The van der Waals surface area contributed by atoms with Crippen molar-refractivity contribution >= 4 is 11.9 Å². The number of aliphatic carboxylic acids is 1. The van der Waals surface area contributed by atoms with Gasteiger partial charge in [-0.25, -0.2) is 4.79 Å². The third kappa shape index (κ3) is 3.85. The van der Waals surface area contributed by atoms with Crippen molar-refractivity contribution in [1.29, 1.82) is 0 Å². The molecule has 1 aromatic carbocycles. The lowest BCUT2D eigenvalue weighted by Crippen LogP contribution is -2.52. The number of carboxylic acid groups (broad SMARTS) is 1. The number of likely N-dealkylation sites (N-methyl/N-ethyl adjacent to an activating group) is 1. The Bertz CT molecular complexity index is 518. The summed E-state index contributed by atoms with van der Waals surface area (Å²) >= 11 is 0. The normalized spacial score (nSPS) is 20.4. The molecule has 1 heterocycles. The molecule has 5 nitrogen and oxygen atoms in total. The third-order valence-corrected chi connectivity index (χ3v) is 4.41. The highest BCUT2D eigenvalue weighted by Crippen LogP contribution is 2.21. The van der Waals surface area contributed by atoms with Gasteiger partial charge in [-0.3, -0.25) is 9.69 Å². The first kappa shape index (κ1) is 16.5. The molecule has 1 aromatic rings. The van der Waals surface area contributed by atoms with E-state index in [0.29, 0.717) is 0 Å². The van der Waals surface area contributed by atoms with Gasteiger partial charge in [0.15, 0.2) is 0 Å². The Morgan fingerprint density at radius 1 is 1.32 bits per heavy atom. The largest absolute Gasteiger partial charge is 0.480 e. The summed E-state index contributed by atoms with van der Waals surface area (Å²) in [6.07, 6.45) is 2.88. The number of likely N-dealkylation sites (tertiary alicyclic amines) is 1. The van der Waals surface area contributed by atoms with Crippen LogP contribution in [-0.4, -0.2) is 52.5 Å². The van der Waals surface area contributed by atoms with E-state index >= 15 is 0 Å². The first-order valence-corrected chi connectivity index (χ1v) is 7.78. The molecule has 120 valence electrons.